The molecule has 2 heterocycles. The number of aromatic nitrogens is 1. The maximum atomic E-state index is 13.1. The topological polar surface area (TPSA) is 54.0 Å². The van der Waals surface area contributed by atoms with E-state index in [9.17, 15) is 13.6 Å². The second-order valence-corrected chi connectivity index (χ2v) is 6.38. The average molecular weight is 360 g/mol. The lowest BCUT2D eigenvalue weighted by molar-refractivity contribution is -0.118. The van der Waals surface area contributed by atoms with Gasteiger partial charge in [-0.15, -0.1) is 23.7 Å². The van der Waals surface area contributed by atoms with E-state index >= 15 is 0 Å². The van der Waals surface area contributed by atoms with Crippen LogP contribution < -0.4 is 10.6 Å². The molecular formula is C15H16ClF2N3OS. The van der Waals surface area contributed by atoms with Crippen molar-refractivity contribution in [3.05, 3.63) is 34.7 Å². The average Bonchev–Trinajstić information content (AvgIpc) is 3.05. The monoisotopic (exact) mass is 359 g/mol. The molecule has 1 fully saturated rings. The molecule has 0 radical (unpaired) electrons. The molecule has 1 aliphatic rings. The maximum Gasteiger partial charge on any atom is 0.262 e. The smallest absolute Gasteiger partial charge is 0.262 e. The second kappa shape index (κ2) is 6.90. The summed E-state index contributed by atoms with van der Waals surface area (Å²) in [5, 5.41) is 8.12. The van der Waals surface area contributed by atoms with Gasteiger partial charge in [-0.2, -0.15) is 0 Å². The molecule has 8 heteroatoms. The lowest BCUT2D eigenvalue weighted by Crippen LogP contribution is -2.35. The third kappa shape index (κ3) is 4.25. The van der Waals surface area contributed by atoms with Crippen molar-refractivity contribution in [3.63, 3.8) is 0 Å². The predicted molar refractivity (Wildman–Crippen MR) is 89.5 cm³/mol. The molecule has 1 saturated heterocycles. The first-order valence-electron chi connectivity index (χ1n) is 6.88. The number of halogens is 3. The summed E-state index contributed by atoms with van der Waals surface area (Å²) < 4.78 is 26.3. The summed E-state index contributed by atoms with van der Waals surface area (Å²) in [7, 11) is 0. The Bertz CT molecular complexity index is 708. The number of carbonyl (C=O) groups is 1. The van der Waals surface area contributed by atoms with Crippen LogP contribution in [0.2, 0.25) is 0 Å². The lowest BCUT2D eigenvalue weighted by atomic mass is 10.1. The first-order chi connectivity index (χ1) is 10.4. The third-order valence-electron chi connectivity index (χ3n) is 3.47. The fourth-order valence-electron chi connectivity index (χ4n) is 2.38. The third-order valence-corrected chi connectivity index (χ3v) is 4.24. The van der Waals surface area contributed by atoms with E-state index in [1.165, 1.54) is 0 Å². The molecule has 0 aliphatic carbocycles. The van der Waals surface area contributed by atoms with Gasteiger partial charge in [0.2, 0.25) is 5.91 Å². The van der Waals surface area contributed by atoms with Gasteiger partial charge in [0.05, 0.1) is 23.3 Å². The Morgan fingerprint density at radius 3 is 2.87 bits per heavy atom. The lowest BCUT2D eigenvalue weighted by Gasteiger charge is -2.11. The van der Waals surface area contributed by atoms with E-state index in [0.29, 0.717) is 5.69 Å². The Balaban J connectivity index is 0.00000192. The molecule has 1 aromatic carbocycles. The highest BCUT2D eigenvalue weighted by Gasteiger charge is 2.42. The SMILES string of the molecule is Cc1nc(-c2cccc(NC(=O)C3CC(F)(F)CN3)c2)cs1.Cl. The van der Waals surface area contributed by atoms with Crippen LogP contribution in [0.4, 0.5) is 14.5 Å². The number of thiazole rings is 1. The zero-order chi connectivity index (χ0) is 15.7. The van der Waals surface area contributed by atoms with Crippen molar-refractivity contribution in [1.82, 2.24) is 10.3 Å². The summed E-state index contributed by atoms with van der Waals surface area (Å²) in [6.07, 6.45) is -0.468. The van der Waals surface area contributed by atoms with Gasteiger partial charge in [0.25, 0.3) is 5.92 Å². The van der Waals surface area contributed by atoms with E-state index in [4.69, 9.17) is 0 Å². The Morgan fingerprint density at radius 2 is 2.26 bits per heavy atom. The van der Waals surface area contributed by atoms with Crippen LogP contribution in [0, 0.1) is 6.92 Å². The molecule has 1 atom stereocenters. The highest BCUT2D eigenvalue weighted by molar-refractivity contribution is 7.09. The molecule has 1 aromatic heterocycles. The number of nitrogens with one attached hydrogen (secondary N) is 2. The highest BCUT2D eigenvalue weighted by atomic mass is 35.5. The zero-order valence-electron chi connectivity index (χ0n) is 12.3. The number of aryl methyl sites for hydroxylation is 1. The number of benzene rings is 1. The van der Waals surface area contributed by atoms with Crippen molar-refractivity contribution in [2.24, 2.45) is 0 Å². The minimum absolute atomic E-state index is 0. The van der Waals surface area contributed by atoms with Crippen LogP contribution in [0.3, 0.4) is 0 Å². The summed E-state index contributed by atoms with van der Waals surface area (Å²) >= 11 is 1.55. The zero-order valence-corrected chi connectivity index (χ0v) is 13.9. The molecule has 0 spiro atoms. The molecule has 23 heavy (non-hydrogen) atoms. The molecule has 1 amide bonds. The van der Waals surface area contributed by atoms with Crippen LogP contribution in [0.5, 0.6) is 0 Å². The van der Waals surface area contributed by atoms with Crippen LogP contribution in [0.15, 0.2) is 29.6 Å². The molecule has 4 nitrogen and oxygen atoms in total. The van der Waals surface area contributed by atoms with Gasteiger partial charge in [-0.1, -0.05) is 12.1 Å². The number of carbonyl (C=O) groups excluding carboxylic acids is 1. The maximum absolute atomic E-state index is 13.1. The van der Waals surface area contributed by atoms with E-state index in [2.05, 4.69) is 15.6 Å². The summed E-state index contributed by atoms with van der Waals surface area (Å²) in [5.41, 5.74) is 2.29. The number of nitrogens with zero attached hydrogens (tertiary/aromatic N) is 1. The summed E-state index contributed by atoms with van der Waals surface area (Å²) in [6, 6.07) is 6.36. The van der Waals surface area contributed by atoms with Crippen LogP contribution in [0.25, 0.3) is 11.3 Å². The van der Waals surface area contributed by atoms with Gasteiger partial charge in [0.1, 0.15) is 0 Å². The molecular weight excluding hydrogens is 344 g/mol. The molecule has 0 bridgehead atoms. The van der Waals surface area contributed by atoms with Crippen molar-refractivity contribution < 1.29 is 13.6 Å². The van der Waals surface area contributed by atoms with Gasteiger partial charge in [0, 0.05) is 23.1 Å². The Labute approximate surface area is 142 Å². The van der Waals surface area contributed by atoms with E-state index in [1.807, 2.05) is 18.4 Å². The number of amides is 1. The van der Waals surface area contributed by atoms with Gasteiger partial charge < -0.3 is 5.32 Å². The van der Waals surface area contributed by atoms with Gasteiger partial charge >= 0.3 is 0 Å². The van der Waals surface area contributed by atoms with Gasteiger partial charge in [0.15, 0.2) is 0 Å². The fourth-order valence-corrected chi connectivity index (χ4v) is 3.00. The summed E-state index contributed by atoms with van der Waals surface area (Å²) in [4.78, 5) is 16.4. The molecule has 0 saturated carbocycles. The minimum atomic E-state index is -2.82. The molecule has 3 rings (SSSR count). The van der Waals surface area contributed by atoms with Crippen molar-refractivity contribution in [2.75, 3.05) is 11.9 Å². The van der Waals surface area contributed by atoms with Crippen molar-refractivity contribution in [2.45, 2.75) is 25.3 Å². The number of rotatable bonds is 3. The van der Waals surface area contributed by atoms with Crippen molar-refractivity contribution >= 4 is 35.3 Å². The predicted octanol–water partition coefficient (Wildman–Crippen LogP) is 3.48. The quantitative estimate of drug-likeness (QED) is 0.882. The highest BCUT2D eigenvalue weighted by Crippen LogP contribution is 2.27. The summed E-state index contributed by atoms with van der Waals surface area (Å²) in [5.74, 6) is -3.26. The Hall–Kier alpha value is -1.57. The Morgan fingerprint density at radius 1 is 1.48 bits per heavy atom. The molecule has 1 aliphatic heterocycles. The van der Waals surface area contributed by atoms with Gasteiger partial charge in [-0.25, -0.2) is 13.8 Å². The van der Waals surface area contributed by atoms with Crippen molar-refractivity contribution in [3.8, 4) is 11.3 Å². The normalized spacial score (nSPS) is 19.2. The first-order valence-corrected chi connectivity index (χ1v) is 7.76. The Kier molecular flexibility index (Phi) is 5.33. The number of hydrogen-bond donors (Lipinski definition) is 2. The van der Waals surface area contributed by atoms with Crippen LogP contribution >= 0.6 is 23.7 Å². The molecule has 1 unspecified atom stereocenters. The largest absolute Gasteiger partial charge is 0.325 e. The van der Waals surface area contributed by atoms with Crippen LogP contribution in [0.1, 0.15) is 11.4 Å². The van der Waals surface area contributed by atoms with E-state index in [-0.39, 0.29) is 12.4 Å². The number of hydrogen-bond acceptors (Lipinski definition) is 4. The summed E-state index contributed by atoms with van der Waals surface area (Å²) in [6.45, 7) is 1.47. The van der Waals surface area contributed by atoms with E-state index in [0.717, 1.165) is 16.3 Å². The van der Waals surface area contributed by atoms with Gasteiger partial charge in [-0.3, -0.25) is 10.1 Å². The first kappa shape index (κ1) is 17.8. The molecule has 2 N–H and O–H groups in total. The second-order valence-electron chi connectivity index (χ2n) is 5.32. The number of alkyl halides is 2. The van der Waals surface area contributed by atoms with Crippen molar-refractivity contribution in [1.29, 1.82) is 0 Å². The fraction of sp³-hybridized carbons (Fsp3) is 0.333. The van der Waals surface area contributed by atoms with E-state index < -0.39 is 30.8 Å². The molecule has 2 aromatic rings. The van der Waals surface area contributed by atoms with Gasteiger partial charge in [-0.05, 0) is 19.1 Å². The number of anilines is 1. The minimum Gasteiger partial charge on any atom is -0.325 e. The van der Waals surface area contributed by atoms with E-state index in [1.54, 1.807) is 29.5 Å². The standard InChI is InChI=1S/C15H15F2N3OS.ClH/c1-9-19-13(7-22-9)10-3-2-4-11(5-10)20-14(21)12-6-15(16,17)8-18-12;/h2-5,7,12,18H,6,8H2,1H3,(H,20,21);1H. The van der Waals surface area contributed by atoms with Crippen LogP contribution in [-0.2, 0) is 4.79 Å². The van der Waals surface area contributed by atoms with Crippen LogP contribution in [-0.4, -0.2) is 29.4 Å². The molecule has 124 valence electrons.